The molecule has 0 saturated heterocycles. The maximum absolute atomic E-state index is 12.1. The summed E-state index contributed by atoms with van der Waals surface area (Å²) in [7, 11) is 0. The van der Waals surface area contributed by atoms with Crippen molar-refractivity contribution < 1.29 is 4.79 Å². The predicted octanol–water partition coefficient (Wildman–Crippen LogP) is 5.46. The average Bonchev–Trinajstić information content (AvgIpc) is 3.01. The van der Waals surface area contributed by atoms with E-state index in [1.165, 1.54) is 23.0 Å². The predicted molar refractivity (Wildman–Crippen MR) is 102 cm³/mol. The molecule has 1 atom stereocenters. The highest BCUT2D eigenvalue weighted by atomic mass is 32.1. The molecule has 1 unspecified atom stereocenters. The van der Waals surface area contributed by atoms with Crippen molar-refractivity contribution in [2.24, 2.45) is 0 Å². The van der Waals surface area contributed by atoms with Crippen LogP contribution in [-0.4, -0.2) is 10.9 Å². The first-order valence-electron chi connectivity index (χ1n) is 8.10. The number of amides is 1. The molecule has 0 aliphatic heterocycles. The third kappa shape index (κ3) is 3.89. The van der Waals surface area contributed by atoms with Crippen LogP contribution in [0.15, 0.2) is 54.6 Å². The largest absolute Gasteiger partial charge is 0.298 e. The number of hydrogen-bond acceptors (Lipinski definition) is 3. The molecule has 2 aromatic carbocycles. The Morgan fingerprint density at radius 2 is 2.04 bits per heavy atom. The first-order valence-corrected chi connectivity index (χ1v) is 8.92. The molecule has 0 aliphatic rings. The van der Waals surface area contributed by atoms with Gasteiger partial charge in [0.25, 0.3) is 0 Å². The Hall–Kier alpha value is -2.46. The highest BCUT2D eigenvalue weighted by Gasteiger charge is 2.09. The van der Waals surface area contributed by atoms with Crippen molar-refractivity contribution in [3.05, 3.63) is 65.7 Å². The third-order valence-electron chi connectivity index (χ3n) is 4.05. The van der Waals surface area contributed by atoms with E-state index in [1.54, 1.807) is 6.08 Å². The minimum atomic E-state index is -0.167. The molecule has 3 nitrogen and oxygen atoms in total. The Morgan fingerprint density at radius 3 is 2.79 bits per heavy atom. The Kier molecular flexibility index (Phi) is 5.06. The Morgan fingerprint density at radius 1 is 1.25 bits per heavy atom. The number of benzene rings is 2. The Bertz CT molecular complexity index is 868. The van der Waals surface area contributed by atoms with E-state index in [4.69, 9.17) is 0 Å². The summed E-state index contributed by atoms with van der Waals surface area (Å²) in [5.41, 5.74) is 3.24. The quantitative estimate of drug-likeness (QED) is 0.628. The van der Waals surface area contributed by atoms with E-state index in [-0.39, 0.29) is 5.91 Å². The van der Waals surface area contributed by atoms with Gasteiger partial charge in [0.15, 0.2) is 5.13 Å². The van der Waals surface area contributed by atoms with E-state index in [9.17, 15) is 4.79 Å². The summed E-state index contributed by atoms with van der Waals surface area (Å²) < 4.78 is 1.11. The summed E-state index contributed by atoms with van der Waals surface area (Å²) in [4.78, 5) is 16.5. The number of carbonyl (C=O) groups excluding carboxylic acids is 1. The fourth-order valence-electron chi connectivity index (χ4n) is 2.42. The van der Waals surface area contributed by atoms with Crippen molar-refractivity contribution in [3.63, 3.8) is 0 Å². The summed E-state index contributed by atoms with van der Waals surface area (Å²) in [6.07, 6.45) is 4.44. The molecule has 0 aliphatic carbocycles. The Labute approximate surface area is 146 Å². The summed E-state index contributed by atoms with van der Waals surface area (Å²) in [5.74, 6) is 0.364. The van der Waals surface area contributed by atoms with Crippen LogP contribution >= 0.6 is 11.3 Å². The van der Waals surface area contributed by atoms with Crippen molar-refractivity contribution in [2.45, 2.75) is 26.2 Å². The molecule has 0 fully saturated rings. The lowest BCUT2D eigenvalue weighted by atomic mass is 9.99. The molecule has 1 heterocycles. The first kappa shape index (κ1) is 16.4. The second-order valence-electron chi connectivity index (χ2n) is 5.79. The molecule has 0 radical (unpaired) electrons. The topological polar surface area (TPSA) is 42.0 Å². The van der Waals surface area contributed by atoms with E-state index in [0.29, 0.717) is 11.0 Å². The molecular weight excluding hydrogens is 316 g/mol. The number of aromatic nitrogens is 1. The van der Waals surface area contributed by atoms with Crippen LogP contribution in [0.4, 0.5) is 5.13 Å². The zero-order valence-electron chi connectivity index (χ0n) is 13.8. The summed E-state index contributed by atoms with van der Waals surface area (Å²) in [5, 5.41) is 3.48. The lowest BCUT2D eigenvalue weighted by molar-refractivity contribution is -0.111. The van der Waals surface area contributed by atoms with Gasteiger partial charge in [-0.3, -0.25) is 10.1 Å². The number of carbonyl (C=O) groups is 1. The maximum Gasteiger partial charge on any atom is 0.250 e. The first-order chi connectivity index (χ1) is 11.7. The Balaban J connectivity index is 1.73. The summed E-state index contributed by atoms with van der Waals surface area (Å²) in [6, 6.07) is 16.1. The second-order valence-corrected chi connectivity index (χ2v) is 6.82. The number of thiazole rings is 1. The fourth-order valence-corrected chi connectivity index (χ4v) is 3.34. The van der Waals surface area contributed by atoms with Crippen molar-refractivity contribution in [1.29, 1.82) is 0 Å². The number of nitrogens with one attached hydrogen (secondary N) is 1. The number of fused-ring (bicyclic) bond motifs is 1. The normalized spacial score (nSPS) is 12.6. The minimum absolute atomic E-state index is 0.167. The van der Waals surface area contributed by atoms with Gasteiger partial charge >= 0.3 is 0 Å². The number of rotatable bonds is 5. The van der Waals surface area contributed by atoms with Crippen LogP contribution in [0.5, 0.6) is 0 Å². The van der Waals surface area contributed by atoms with Crippen LogP contribution < -0.4 is 5.32 Å². The molecular formula is C20H20N2OS. The zero-order chi connectivity index (χ0) is 16.9. The molecule has 1 amide bonds. The maximum atomic E-state index is 12.1. The van der Waals surface area contributed by atoms with E-state index in [1.807, 2.05) is 36.4 Å². The molecule has 0 saturated carbocycles. The molecule has 0 bridgehead atoms. The van der Waals surface area contributed by atoms with Gasteiger partial charge in [0.1, 0.15) is 0 Å². The lowest BCUT2D eigenvalue weighted by Gasteiger charge is -2.07. The average molecular weight is 336 g/mol. The smallest absolute Gasteiger partial charge is 0.250 e. The van der Waals surface area contributed by atoms with E-state index in [0.717, 1.165) is 22.2 Å². The van der Waals surface area contributed by atoms with Gasteiger partial charge in [-0.25, -0.2) is 4.98 Å². The molecule has 1 N–H and O–H groups in total. The molecule has 122 valence electrons. The monoisotopic (exact) mass is 336 g/mol. The van der Waals surface area contributed by atoms with Crippen molar-refractivity contribution in [3.8, 4) is 0 Å². The highest BCUT2D eigenvalue weighted by Crippen LogP contribution is 2.29. The summed E-state index contributed by atoms with van der Waals surface area (Å²) >= 11 is 1.51. The molecule has 0 spiro atoms. The van der Waals surface area contributed by atoms with Crippen LogP contribution in [0.3, 0.4) is 0 Å². The van der Waals surface area contributed by atoms with Gasteiger partial charge in [0, 0.05) is 6.08 Å². The molecule has 1 aromatic heterocycles. The van der Waals surface area contributed by atoms with Crippen LogP contribution in [-0.2, 0) is 4.79 Å². The van der Waals surface area contributed by atoms with Crippen molar-refractivity contribution in [2.75, 3.05) is 5.32 Å². The number of anilines is 1. The fraction of sp³-hybridized carbons (Fsp3) is 0.200. The number of nitrogens with zero attached hydrogens (tertiary/aromatic N) is 1. The van der Waals surface area contributed by atoms with Crippen LogP contribution in [0.1, 0.15) is 37.3 Å². The molecule has 3 rings (SSSR count). The van der Waals surface area contributed by atoms with Crippen LogP contribution in [0, 0.1) is 0 Å². The van der Waals surface area contributed by atoms with E-state index >= 15 is 0 Å². The van der Waals surface area contributed by atoms with Gasteiger partial charge in [0.05, 0.1) is 10.2 Å². The molecule has 3 aromatic rings. The highest BCUT2D eigenvalue weighted by molar-refractivity contribution is 7.22. The van der Waals surface area contributed by atoms with E-state index < -0.39 is 0 Å². The van der Waals surface area contributed by atoms with Gasteiger partial charge in [-0.05, 0) is 41.7 Å². The van der Waals surface area contributed by atoms with Gasteiger partial charge in [-0.15, -0.1) is 0 Å². The van der Waals surface area contributed by atoms with E-state index in [2.05, 4.69) is 36.3 Å². The van der Waals surface area contributed by atoms with Crippen LogP contribution in [0.2, 0.25) is 0 Å². The minimum Gasteiger partial charge on any atom is -0.298 e. The zero-order valence-corrected chi connectivity index (χ0v) is 14.6. The van der Waals surface area contributed by atoms with Gasteiger partial charge in [-0.2, -0.15) is 0 Å². The second kappa shape index (κ2) is 7.41. The van der Waals surface area contributed by atoms with Crippen molar-refractivity contribution in [1.82, 2.24) is 4.98 Å². The third-order valence-corrected chi connectivity index (χ3v) is 4.98. The number of hydrogen-bond donors (Lipinski definition) is 1. The SMILES string of the molecule is CCC(C)c1ccc2nc(NC(=O)/C=C/c3ccccc3)sc2c1. The van der Waals surface area contributed by atoms with Gasteiger partial charge in [0.2, 0.25) is 5.91 Å². The van der Waals surface area contributed by atoms with Crippen molar-refractivity contribution >= 4 is 38.7 Å². The molecule has 24 heavy (non-hydrogen) atoms. The van der Waals surface area contributed by atoms with Gasteiger partial charge in [-0.1, -0.05) is 61.6 Å². The lowest BCUT2D eigenvalue weighted by Crippen LogP contribution is -2.07. The molecule has 4 heteroatoms. The summed E-state index contributed by atoms with van der Waals surface area (Å²) in [6.45, 7) is 4.41. The van der Waals surface area contributed by atoms with Gasteiger partial charge < -0.3 is 0 Å². The van der Waals surface area contributed by atoms with Crippen LogP contribution in [0.25, 0.3) is 16.3 Å². The standard InChI is InChI=1S/C20H20N2OS/c1-3-14(2)16-10-11-17-18(13-16)24-20(21-17)22-19(23)12-9-15-7-5-4-6-8-15/h4-14H,3H2,1-2H3,(H,21,22,23)/b12-9+.